The SMILES string of the molecule is O=C1CCC(N2C(=O)c3ccccc3C2=O)C(=O)N1COC1C[C@@H](O)[C@H](O)[C@@H](CO)O1. The summed E-state index contributed by atoms with van der Waals surface area (Å²) in [4.78, 5) is 52.4. The Kier molecular flexibility index (Phi) is 5.86. The molecule has 11 heteroatoms. The Hall–Kier alpha value is -2.70. The van der Waals surface area contributed by atoms with Crippen molar-refractivity contribution in [1.29, 1.82) is 0 Å². The zero-order valence-corrected chi connectivity index (χ0v) is 16.4. The van der Waals surface area contributed by atoms with Gasteiger partial charge >= 0.3 is 0 Å². The van der Waals surface area contributed by atoms with E-state index in [-0.39, 0.29) is 30.4 Å². The van der Waals surface area contributed by atoms with E-state index in [9.17, 15) is 34.5 Å². The van der Waals surface area contributed by atoms with Gasteiger partial charge in [0.2, 0.25) is 5.91 Å². The number of amides is 4. The van der Waals surface area contributed by atoms with Gasteiger partial charge in [-0.25, -0.2) is 0 Å². The molecular weight excluding hydrogens is 412 g/mol. The Labute approximate surface area is 176 Å². The summed E-state index contributed by atoms with van der Waals surface area (Å²) in [5, 5.41) is 28.9. The third kappa shape index (κ3) is 3.75. The number of hydrogen-bond acceptors (Lipinski definition) is 9. The van der Waals surface area contributed by atoms with Crippen molar-refractivity contribution in [1.82, 2.24) is 9.80 Å². The fourth-order valence-corrected chi connectivity index (χ4v) is 4.02. The molecule has 2 saturated heterocycles. The molecule has 0 radical (unpaired) electrons. The van der Waals surface area contributed by atoms with Crippen LogP contribution in [0.4, 0.5) is 0 Å². The van der Waals surface area contributed by atoms with Crippen molar-refractivity contribution < 1.29 is 44.0 Å². The van der Waals surface area contributed by atoms with Crippen molar-refractivity contribution in [2.45, 2.75) is 49.9 Å². The zero-order chi connectivity index (χ0) is 22.3. The molecule has 0 spiro atoms. The third-order valence-corrected chi connectivity index (χ3v) is 5.73. The lowest BCUT2D eigenvalue weighted by Crippen LogP contribution is -2.57. The van der Waals surface area contributed by atoms with Crippen LogP contribution in [0.2, 0.25) is 0 Å². The normalized spacial score (nSPS) is 31.4. The maximum atomic E-state index is 13.0. The van der Waals surface area contributed by atoms with Crippen LogP contribution in [0.5, 0.6) is 0 Å². The van der Waals surface area contributed by atoms with E-state index in [1.807, 2.05) is 0 Å². The molecule has 3 aliphatic heterocycles. The van der Waals surface area contributed by atoms with Gasteiger partial charge in [0.25, 0.3) is 17.7 Å². The van der Waals surface area contributed by atoms with Crippen molar-refractivity contribution in [2.75, 3.05) is 13.3 Å². The Morgan fingerprint density at radius 1 is 1.06 bits per heavy atom. The molecule has 0 aliphatic carbocycles. The van der Waals surface area contributed by atoms with Gasteiger partial charge in [-0.3, -0.25) is 29.0 Å². The van der Waals surface area contributed by atoms with Crippen molar-refractivity contribution >= 4 is 23.6 Å². The predicted octanol–water partition coefficient (Wildman–Crippen LogP) is -1.40. The minimum absolute atomic E-state index is 0.0110. The Balaban J connectivity index is 1.45. The number of nitrogens with zero attached hydrogens (tertiary/aromatic N) is 2. The smallest absolute Gasteiger partial charge is 0.262 e. The van der Waals surface area contributed by atoms with E-state index in [0.29, 0.717) is 0 Å². The van der Waals surface area contributed by atoms with E-state index in [1.165, 1.54) is 12.1 Å². The third-order valence-electron chi connectivity index (χ3n) is 5.73. The number of piperidine rings is 1. The van der Waals surface area contributed by atoms with Crippen LogP contribution in [0.15, 0.2) is 24.3 Å². The molecule has 31 heavy (non-hydrogen) atoms. The number of likely N-dealkylation sites (tertiary alicyclic amines) is 1. The van der Waals surface area contributed by atoms with Crippen LogP contribution in [0.3, 0.4) is 0 Å². The summed E-state index contributed by atoms with van der Waals surface area (Å²) in [6, 6.07) is 5.11. The molecule has 1 aromatic rings. The van der Waals surface area contributed by atoms with E-state index < -0.39 is 67.6 Å². The molecule has 166 valence electrons. The summed E-state index contributed by atoms with van der Waals surface area (Å²) in [5.74, 6) is -2.46. The number of imide groups is 2. The summed E-state index contributed by atoms with van der Waals surface area (Å²) in [6.07, 6.45) is -4.84. The maximum absolute atomic E-state index is 13.0. The van der Waals surface area contributed by atoms with E-state index in [1.54, 1.807) is 12.1 Å². The number of aliphatic hydroxyl groups excluding tert-OH is 3. The van der Waals surface area contributed by atoms with Gasteiger partial charge in [-0.15, -0.1) is 0 Å². The number of benzene rings is 1. The molecule has 4 amide bonds. The highest BCUT2D eigenvalue weighted by molar-refractivity contribution is 6.23. The summed E-state index contributed by atoms with van der Waals surface area (Å²) in [5.41, 5.74) is 0.413. The van der Waals surface area contributed by atoms with Gasteiger partial charge in [-0.2, -0.15) is 0 Å². The van der Waals surface area contributed by atoms with Crippen LogP contribution < -0.4 is 0 Å². The van der Waals surface area contributed by atoms with Gasteiger partial charge in [0, 0.05) is 12.8 Å². The van der Waals surface area contributed by atoms with E-state index in [4.69, 9.17) is 9.47 Å². The molecule has 1 aromatic carbocycles. The second-order valence-corrected chi connectivity index (χ2v) is 7.62. The molecule has 2 unspecified atom stereocenters. The number of ether oxygens (including phenoxy) is 2. The van der Waals surface area contributed by atoms with E-state index >= 15 is 0 Å². The summed E-state index contributed by atoms with van der Waals surface area (Å²) >= 11 is 0. The molecule has 0 aromatic heterocycles. The largest absolute Gasteiger partial charge is 0.394 e. The van der Waals surface area contributed by atoms with Crippen molar-refractivity contribution in [3.63, 3.8) is 0 Å². The molecule has 4 rings (SSSR count). The molecule has 3 heterocycles. The minimum Gasteiger partial charge on any atom is -0.394 e. The number of rotatable bonds is 5. The minimum atomic E-state index is -1.29. The lowest BCUT2D eigenvalue weighted by molar-refractivity contribution is -0.264. The Bertz CT molecular complexity index is 885. The summed E-state index contributed by atoms with van der Waals surface area (Å²) in [6.45, 7) is -1.08. The van der Waals surface area contributed by atoms with Crippen molar-refractivity contribution in [2.24, 2.45) is 0 Å². The molecule has 3 N–H and O–H groups in total. The molecule has 0 saturated carbocycles. The highest BCUT2D eigenvalue weighted by Crippen LogP contribution is 2.29. The van der Waals surface area contributed by atoms with Crippen LogP contribution in [0.25, 0.3) is 0 Å². The van der Waals surface area contributed by atoms with Crippen molar-refractivity contribution in [3.05, 3.63) is 35.4 Å². The van der Waals surface area contributed by atoms with Crippen LogP contribution in [-0.2, 0) is 19.1 Å². The van der Waals surface area contributed by atoms with Gasteiger partial charge in [0.1, 0.15) is 25.0 Å². The summed E-state index contributed by atoms with van der Waals surface area (Å²) < 4.78 is 10.8. The second kappa shape index (κ2) is 8.44. The lowest BCUT2D eigenvalue weighted by Gasteiger charge is -2.38. The average Bonchev–Trinajstić information content (AvgIpc) is 3.01. The first-order chi connectivity index (χ1) is 14.8. The second-order valence-electron chi connectivity index (χ2n) is 7.62. The van der Waals surface area contributed by atoms with Crippen LogP contribution in [0.1, 0.15) is 40.0 Å². The van der Waals surface area contributed by atoms with Crippen LogP contribution in [-0.4, -0.2) is 92.7 Å². The number of hydrogen-bond donors (Lipinski definition) is 3. The number of carbonyl (C=O) groups excluding carboxylic acids is 4. The first-order valence-corrected chi connectivity index (χ1v) is 9.88. The predicted molar refractivity (Wildman–Crippen MR) is 100 cm³/mol. The Morgan fingerprint density at radius 3 is 2.32 bits per heavy atom. The van der Waals surface area contributed by atoms with Gasteiger partial charge in [0.15, 0.2) is 6.29 Å². The number of fused-ring (bicyclic) bond motifs is 1. The lowest BCUT2D eigenvalue weighted by atomic mass is 10.0. The van der Waals surface area contributed by atoms with Crippen LogP contribution >= 0.6 is 0 Å². The Morgan fingerprint density at radius 2 is 1.71 bits per heavy atom. The van der Waals surface area contributed by atoms with Crippen LogP contribution in [0, 0.1) is 0 Å². The molecule has 3 aliphatic rings. The highest BCUT2D eigenvalue weighted by Gasteiger charge is 2.47. The highest BCUT2D eigenvalue weighted by atomic mass is 16.7. The fourth-order valence-electron chi connectivity index (χ4n) is 4.02. The maximum Gasteiger partial charge on any atom is 0.262 e. The molecule has 11 nitrogen and oxygen atoms in total. The van der Waals surface area contributed by atoms with Crippen molar-refractivity contribution in [3.8, 4) is 0 Å². The molecular formula is C20H22N2O9. The van der Waals surface area contributed by atoms with Gasteiger partial charge < -0.3 is 24.8 Å². The fraction of sp³-hybridized carbons (Fsp3) is 0.500. The quantitative estimate of drug-likeness (QED) is 0.475. The van der Waals surface area contributed by atoms with E-state index in [0.717, 1.165) is 9.80 Å². The number of carbonyl (C=O) groups is 4. The average molecular weight is 434 g/mol. The van der Waals surface area contributed by atoms with Gasteiger partial charge in [-0.1, -0.05) is 12.1 Å². The molecule has 5 atom stereocenters. The topological polar surface area (TPSA) is 154 Å². The van der Waals surface area contributed by atoms with E-state index in [2.05, 4.69) is 0 Å². The first-order valence-electron chi connectivity index (χ1n) is 9.88. The zero-order valence-electron chi connectivity index (χ0n) is 16.4. The first kappa shape index (κ1) is 21.5. The van der Waals surface area contributed by atoms with Gasteiger partial charge in [-0.05, 0) is 18.6 Å². The standard InChI is InChI=1S/C20H22N2O9/c23-8-14-17(26)13(24)7-16(31-14)30-9-21-15(25)6-5-12(20(21)29)22-18(27)10-3-1-2-4-11(10)19(22)28/h1-4,12-14,16-17,23-24,26H,5-9H2/t12?,13-,14-,16?,17+/m1/s1. The summed E-state index contributed by atoms with van der Waals surface area (Å²) in [7, 11) is 0. The molecule has 2 fully saturated rings. The monoisotopic (exact) mass is 434 g/mol. The number of aliphatic hydroxyl groups is 3. The van der Waals surface area contributed by atoms with Gasteiger partial charge in [0.05, 0.1) is 23.8 Å². The molecule has 0 bridgehead atoms.